The molecule has 1 atom stereocenters. The molecule has 7 nitrogen and oxygen atoms in total. The van der Waals surface area contributed by atoms with Crippen molar-refractivity contribution in [3.8, 4) is 0 Å². The molecule has 2 amide bonds. The van der Waals surface area contributed by atoms with Crippen LogP contribution in [-0.2, 0) is 14.3 Å². The first-order chi connectivity index (χ1) is 13.8. The highest BCUT2D eigenvalue weighted by atomic mass is 16.5. The maximum atomic E-state index is 12.3. The van der Waals surface area contributed by atoms with E-state index in [1.807, 2.05) is 13.8 Å². The summed E-state index contributed by atoms with van der Waals surface area (Å²) in [5.41, 5.74) is 5.43. The van der Waals surface area contributed by atoms with Crippen molar-refractivity contribution < 1.29 is 23.9 Å². The summed E-state index contributed by atoms with van der Waals surface area (Å²) < 4.78 is 5.09. The summed E-state index contributed by atoms with van der Waals surface area (Å²) in [4.78, 5) is 48.8. The second-order valence-corrected chi connectivity index (χ2v) is 7.11. The van der Waals surface area contributed by atoms with Gasteiger partial charge in [0, 0.05) is 17.5 Å². The van der Waals surface area contributed by atoms with Gasteiger partial charge in [0.2, 0.25) is 5.91 Å². The highest BCUT2D eigenvalue weighted by molar-refractivity contribution is 5.99. The number of nitrogens with zero attached hydrogens (tertiary/aromatic N) is 1. The number of aryl methyl sites for hydroxylation is 2. The van der Waals surface area contributed by atoms with Gasteiger partial charge in [-0.2, -0.15) is 0 Å². The lowest BCUT2D eigenvalue weighted by atomic mass is 10.1. The van der Waals surface area contributed by atoms with Crippen molar-refractivity contribution in [3.05, 3.63) is 70.8 Å². The average Bonchev–Trinajstić information content (AvgIpc) is 3.07. The molecule has 150 valence electrons. The Labute approximate surface area is 168 Å². The molecule has 2 aromatic carbocycles. The number of rotatable bonds is 6. The molecule has 0 spiro atoms. The minimum atomic E-state index is -0.730. The van der Waals surface area contributed by atoms with Crippen LogP contribution in [0.15, 0.2) is 48.5 Å². The summed E-state index contributed by atoms with van der Waals surface area (Å²) in [7, 11) is 0. The third-order valence-electron chi connectivity index (χ3n) is 4.73. The summed E-state index contributed by atoms with van der Waals surface area (Å²) in [6.07, 6.45) is -0.0776. The smallest absolute Gasteiger partial charge is 0.311 e. The molecule has 0 aromatic heterocycles. The average molecular weight is 394 g/mol. The highest BCUT2D eigenvalue weighted by Crippen LogP contribution is 2.18. The Bertz CT molecular complexity index is 935. The van der Waals surface area contributed by atoms with Crippen LogP contribution in [0.5, 0.6) is 0 Å². The fourth-order valence-corrected chi connectivity index (χ4v) is 2.94. The summed E-state index contributed by atoms with van der Waals surface area (Å²) in [5.74, 6) is -2.48. The molecule has 1 saturated heterocycles. The van der Waals surface area contributed by atoms with Crippen LogP contribution < -0.4 is 5.43 Å². The van der Waals surface area contributed by atoms with Crippen LogP contribution in [-0.4, -0.2) is 41.7 Å². The lowest BCUT2D eigenvalue weighted by Gasteiger charge is -2.17. The van der Waals surface area contributed by atoms with Gasteiger partial charge < -0.3 is 4.74 Å². The van der Waals surface area contributed by atoms with Crippen LogP contribution >= 0.6 is 0 Å². The van der Waals surface area contributed by atoms with E-state index >= 15 is 0 Å². The number of hydrazine groups is 1. The lowest BCUT2D eigenvalue weighted by Crippen LogP contribution is -2.43. The molecule has 0 radical (unpaired) electrons. The van der Waals surface area contributed by atoms with Crippen molar-refractivity contribution in [3.63, 3.8) is 0 Å². The number of carbonyl (C=O) groups excluding carboxylic acids is 4. The highest BCUT2D eigenvalue weighted by Gasteiger charge is 2.36. The molecule has 1 heterocycles. The monoisotopic (exact) mass is 394 g/mol. The molecule has 2 aromatic rings. The van der Waals surface area contributed by atoms with Gasteiger partial charge >= 0.3 is 5.97 Å². The van der Waals surface area contributed by atoms with Crippen LogP contribution in [0.25, 0.3) is 0 Å². The van der Waals surface area contributed by atoms with Crippen molar-refractivity contribution in [1.29, 1.82) is 0 Å². The van der Waals surface area contributed by atoms with Crippen LogP contribution in [0.2, 0.25) is 0 Å². The number of hydrogen-bond donors (Lipinski definition) is 1. The molecular weight excluding hydrogens is 372 g/mol. The van der Waals surface area contributed by atoms with Crippen molar-refractivity contribution in [2.45, 2.75) is 20.3 Å². The van der Waals surface area contributed by atoms with Gasteiger partial charge in [-0.1, -0.05) is 47.5 Å². The first-order valence-electron chi connectivity index (χ1n) is 9.28. The number of hydrogen-bond acceptors (Lipinski definition) is 5. The second kappa shape index (κ2) is 8.68. The van der Waals surface area contributed by atoms with Gasteiger partial charge in [0.1, 0.15) is 0 Å². The summed E-state index contributed by atoms with van der Waals surface area (Å²) in [5, 5.41) is 1.12. The number of esters is 1. The van der Waals surface area contributed by atoms with Crippen molar-refractivity contribution >= 4 is 23.6 Å². The third kappa shape index (κ3) is 5.07. The Balaban J connectivity index is 1.51. The number of nitrogens with one attached hydrogen (secondary N) is 1. The Kier molecular flexibility index (Phi) is 6.07. The molecule has 1 fully saturated rings. The van der Waals surface area contributed by atoms with E-state index in [2.05, 4.69) is 5.43 Å². The van der Waals surface area contributed by atoms with Gasteiger partial charge in [0.25, 0.3) is 5.91 Å². The van der Waals surface area contributed by atoms with E-state index in [9.17, 15) is 19.2 Å². The minimum Gasteiger partial charge on any atom is -0.457 e. The Morgan fingerprint density at radius 1 is 0.966 bits per heavy atom. The summed E-state index contributed by atoms with van der Waals surface area (Å²) >= 11 is 0. The van der Waals surface area contributed by atoms with Gasteiger partial charge in [0.05, 0.1) is 12.5 Å². The standard InChI is InChI=1S/C22H22N2O5/c1-14-3-7-16(8-4-14)19(25)13-29-22(28)18-11-20(26)24(12-18)23-21(27)17-9-5-15(2)6-10-17/h3-10,18H,11-13H2,1-2H3,(H,23,27)/t18-/m0/s1. The molecule has 1 aliphatic heterocycles. The van der Waals surface area contributed by atoms with E-state index in [1.165, 1.54) is 0 Å². The number of carbonyl (C=O) groups is 4. The lowest BCUT2D eigenvalue weighted by molar-refractivity contribution is -0.147. The quantitative estimate of drug-likeness (QED) is 0.599. The predicted octanol–water partition coefficient (Wildman–Crippen LogP) is 2.22. The SMILES string of the molecule is Cc1ccc(C(=O)COC(=O)[C@H]2CC(=O)N(NC(=O)c3ccc(C)cc3)C2)cc1. The first kappa shape index (κ1) is 20.3. The molecule has 0 bridgehead atoms. The number of Topliss-reactive ketones (excluding diaryl/α,β-unsaturated/α-hetero) is 1. The minimum absolute atomic E-state index is 0.00793. The van der Waals surface area contributed by atoms with E-state index in [4.69, 9.17) is 4.74 Å². The van der Waals surface area contributed by atoms with Crippen LogP contribution in [0.3, 0.4) is 0 Å². The Morgan fingerprint density at radius 3 is 2.10 bits per heavy atom. The first-order valence-corrected chi connectivity index (χ1v) is 9.28. The molecule has 0 saturated carbocycles. The summed E-state index contributed by atoms with van der Waals surface area (Å²) in [6, 6.07) is 13.9. The van der Waals surface area contributed by atoms with Crippen LogP contribution in [0.1, 0.15) is 38.3 Å². The van der Waals surface area contributed by atoms with Gasteiger partial charge in [0.15, 0.2) is 12.4 Å². The number of ketones is 1. The molecule has 1 N–H and O–H groups in total. The van der Waals surface area contributed by atoms with Crippen LogP contribution in [0.4, 0.5) is 0 Å². The van der Waals surface area contributed by atoms with Crippen molar-refractivity contribution in [2.24, 2.45) is 5.92 Å². The van der Waals surface area contributed by atoms with Crippen molar-refractivity contribution in [2.75, 3.05) is 13.2 Å². The Hall–Kier alpha value is -3.48. The Morgan fingerprint density at radius 2 is 1.52 bits per heavy atom. The maximum absolute atomic E-state index is 12.3. The summed E-state index contributed by atoms with van der Waals surface area (Å²) in [6.45, 7) is 3.44. The molecule has 7 heteroatoms. The number of ether oxygens (including phenoxy) is 1. The largest absolute Gasteiger partial charge is 0.457 e. The molecule has 0 aliphatic carbocycles. The zero-order valence-corrected chi connectivity index (χ0v) is 16.3. The van der Waals surface area contributed by atoms with Gasteiger partial charge in [-0.05, 0) is 26.0 Å². The van der Waals surface area contributed by atoms with Crippen molar-refractivity contribution in [1.82, 2.24) is 10.4 Å². The van der Waals surface area contributed by atoms with E-state index in [-0.39, 0.29) is 31.3 Å². The molecule has 1 aliphatic rings. The second-order valence-electron chi connectivity index (χ2n) is 7.11. The fourth-order valence-electron chi connectivity index (χ4n) is 2.94. The van der Waals surface area contributed by atoms with Gasteiger partial charge in [-0.15, -0.1) is 0 Å². The predicted molar refractivity (Wildman–Crippen MR) is 105 cm³/mol. The zero-order chi connectivity index (χ0) is 21.0. The van der Waals surface area contributed by atoms with Crippen LogP contribution in [0, 0.1) is 19.8 Å². The zero-order valence-electron chi connectivity index (χ0n) is 16.3. The maximum Gasteiger partial charge on any atom is 0.311 e. The van der Waals surface area contributed by atoms with E-state index in [0.29, 0.717) is 11.1 Å². The van der Waals surface area contributed by atoms with Gasteiger partial charge in [-0.3, -0.25) is 29.6 Å². The molecule has 3 rings (SSSR count). The van der Waals surface area contributed by atoms with E-state index in [1.54, 1.807) is 48.5 Å². The molecule has 29 heavy (non-hydrogen) atoms. The van der Waals surface area contributed by atoms with E-state index in [0.717, 1.165) is 16.1 Å². The van der Waals surface area contributed by atoms with E-state index < -0.39 is 17.8 Å². The fraction of sp³-hybridized carbons (Fsp3) is 0.273. The normalized spacial score (nSPS) is 15.9. The molecule has 0 unspecified atom stereocenters. The molecular formula is C22H22N2O5. The third-order valence-corrected chi connectivity index (χ3v) is 4.73. The number of benzene rings is 2. The number of amides is 2. The topological polar surface area (TPSA) is 92.8 Å². The van der Waals surface area contributed by atoms with Gasteiger partial charge in [-0.25, -0.2) is 0 Å².